The monoisotopic (exact) mass is 449 g/mol. The van der Waals surface area contributed by atoms with Gasteiger partial charge >= 0.3 is 0 Å². The van der Waals surface area contributed by atoms with Gasteiger partial charge in [-0.15, -0.1) is 0 Å². The second-order valence-electron chi connectivity index (χ2n) is 7.59. The van der Waals surface area contributed by atoms with E-state index in [1.165, 1.54) is 0 Å². The third kappa shape index (κ3) is 3.94. The number of benzene rings is 2. The lowest BCUT2D eigenvalue weighted by Gasteiger charge is -2.35. The number of methoxy groups -OCH3 is 1. The zero-order valence-corrected chi connectivity index (χ0v) is 18.1. The fourth-order valence-corrected chi connectivity index (χ4v) is 4.38. The summed E-state index contributed by atoms with van der Waals surface area (Å²) in [6.07, 6.45) is 0.0502. The number of ketones is 1. The van der Waals surface area contributed by atoms with E-state index in [9.17, 15) is 9.59 Å². The number of hydrogen-bond donors (Lipinski definition) is 0. The molecule has 2 heterocycles. The minimum atomic E-state index is -0.741. The second-order valence-corrected chi connectivity index (χ2v) is 8.44. The van der Waals surface area contributed by atoms with E-state index in [0.29, 0.717) is 52.4 Å². The Bertz CT molecular complexity index is 1010. The number of ether oxygens (including phenoxy) is 3. The van der Waals surface area contributed by atoms with Gasteiger partial charge < -0.3 is 19.1 Å². The lowest BCUT2D eigenvalue weighted by atomic mass is 9.89. The van der Waals surface area contributed by atoms with Crippen LogP contribution < -0.4 is 14.2 Å². The Kier molecular flexibility index (Phi) is 5.55. The third-order valence-electron chi connectivity index (χ3n) is 5.47. The first kappa shape index (κ1) is 20.8. The molecule has 0 N–H and O–H groups in total. The average molecular weight is 450 g/mol. The van der Waals surface area contributed by atoms with Gasteiger partial charge in [-0.3, -0.25) is 9.59 Å². The predicted molar refractivity (Wildman–Crippen MR) is 113 cm³/mol. The van der Waals surface area contributed by atoms with Gasteiger partial charge in [0.05, 0.1) is 30.7 Å². The van der Waals surface area contributed by atoms with Gasteiger partial charge in [-0.1, -0.05) is 23.2 Å². The number of carbonyl (C=O) groups is 2. The van der Waals surface area contributed by atoms with Crippen molar-refractivity contribution in [3.8, 4) is 17.2 Å². The Labute approximate surface area is 184 Å². The van der Waals surface area contributed by atoms with Gasteiger partial charge in [0, 0.05) is 18.0 Å². The molecule has 0 aromatic heterocycles. The molecule has 1 spiro atoms. The van der Waals surface area contributed by atoms with Crippen LogP contribution in [0.3, 0.4) is 0 Å². The maximum Gasteiger partial charge on any atom is 0.263 e. The maximum absolute atomic E-state index is 12.9. The number of likely N-dealkylation sites (tertiary alicyclic amines) is 1. The summed E-state index contributed by atoms with van der Waals surface area (Å²) in [5, 5.41) is 0.832. The normalized spacial score (nSPS) is 21.2. The summed E-state index contributed by atoms with van der Waals surface area (Å²) in [5.41, 5.74) is -0.203. The first-order valence-electron chi connectivity index (χ1n) is 9.61. The second kappa shape index (κ2) is 8.00. The fourth-order valence-electron chi connectivity index (χ4n) is 3.93. The number of amides is 1. The van der Waals surface area contributed by atoms with E-state index < -0.39 is 11.7 Å². The van der Waals surface area contributed by atoms with Crippen molar-refractivity contribution < 1.29 is 23.8 Å². The molecule has 0 saturated carbocycles. The molecular weight excluding hydrogens is 429 g/mol. The molecule has 6 nitrogen and oxygen atoms in total. The first-order chi connectivity index (χ1) is 14.3. The van der Waals surface area contributed by atoms with Crippen LogP contribution in [-0.2, 0) is 4.79 Å². The van der Waals surface area contributed by atoms with E-state index in [-0.39, 0.29) is 18.1 Å². The molecule has 8 heteroatoms. The van der Waals surface area contributed by atoms with Crippen molar-refractivity contribution in [2.45, 2.75) is 31.5 Å². The van der Waals surface area contributed by atoms with Gasteiger partial charge in [0.2, 0.25) is 0 Å². The van der Waals surface area contributed by atoms with Crippen LogP contribution in [0.1, 0.15) is 30.1 Å². The highest BCUT2D eigenvalue weighted by molar-refractivity contribution is 6.35. The third-order valence-corrected chi connectivity index (χ3v) is 6.00. The summed E-state index contributed by atoms with van der Waals surface area (Å²) < 4.78 is 17.2. The molecule has 2 aliphatic rings. The zero-order chi connectivity index (χ0) is 21.5. The minimum absolute atomic E-state index is 0.0123. The van der Waals surface area contributed by atoms with Crippen molar-refractivity contribution in [3.05, 3.63) is 52.0 Å². The number of rotatable bonds is 4. The highest BCUT2D eigenvalue weighted by Crippen LogP contribution is 2.40. The van der Waals surface area contributed by atoms with Crippen molar-refractivity contribution in [3.63, 3.8) is 0 Å². The van der Waals surface area contributed by atoms with Crippen molar-refractivity contribution in [1.82, 2.24) is 4.90 Å². The molecule has 2 aliphatic heterocycles. The van der Waals surface area contributed by atoms with Crippen LogP contribution in [0.4, 0.5) is 0 Å². The predicted octanol–water partition coefficient (Wildman–Crippen LogP) is 4.41. The Hall–Kier alpha value is -2.44. The molecule has 1 saturated heterocycles. The molecule has 30 heavy (non-hydrogen) atoms. The van der Waals surface area contributed by atoms with Gasteiger partial charge in [0.15, 0.2) is 11.9 Å². The summed E-state index contributed by atoms with van der Waals surface area (Å²) in [6.45, 7) is 2.48. The largest absolute Gasteiger partial charge is 0.497 e. The quantitative estimate of drug-likeness (QED) is 0.691. The van der Waals surface area contributed by atoms with Crippen LogP contribution in [0.25, 0.3) is 0 Å². The van der Waals surface area contributed by atoms with E-state index in [1.807, 2.05) is 0 Å². The number of nitrogens with zero attached hydrogens (tertiary/aromatic N) is 1. The standard InChI is InChI=1S/C22H21Cl2NO5/c1-13(29-20-5-3-14(23)9-17(20)24)21(27)25-8-7-22(12-25)11-18(26)16-10-15(28-2)4-6-19(16)30-22/h3-6,9-10,13H,7-8,11-12H2,1-2H3. The number of Topliss-reactive ketones (excluding diaryl/α,β-unsaturated/α-hetero) is 1. The van der Waals surface area contributed by atoms with Crippen molar-refractivity contribution in [2.24, 2.45) is 0 Å². The van der Waals surface area contributed by atoms with Gasteiger partial charge in [-0.25, -0.2) is 0 Å². The van der Waals surface area contributed by atoms with Crippen LogP contribution in [0.2, 0.25) is 10.0 Å². The highest BCUT2D eigenvalue weighted by atomic mass is 35.5. The van der Waals surface area contributed by atoms with Crippen LogP contribution in [0.15, 0.2) is 36.4 Å². The number of fused-ring (bicyclic) bond motifs is 1. The SMILES string of the molecule is COc1ccc2c(c1)C(=O)CC1(CCN(C(=O)C(C)Oc3ccc(Cl)cc3Cl)C1)O2. The first-order valence-corrected chi connectivity index (χ1v) is 10.4. The Morgan fingerprint density at radius 2 is 2.03 bits per heavy atom. The van der Waals surface area contributed by atoms with Gasteiger partial charge in [0.25, 0.3) is 5.91 Å². The molecule has 4 rings (SSSR count). The molecule has 2 unspecified atom stereocenters. The van der Waals surface area contributed by atoms with Crippen molar-refractivity contribution in [1.29, 1.82) is 0 Å². The molecule has 2 aromatic rings. The highest BCUT2D eigenvalue weighted by Gasteiger charge is 2.47. The van der Waals surface area contributed by atoms with Crippen molar-refractivity contribution >= 4 is 34.9 Å². The summed E-state index contributed by atoms with van der Waals surface area (Å²) in [5.74, 6) is 1.33. The molecule has 0 radical (unpaired) electrons. The van der Waals surface area contributed by atoms with E-state index >= 15 is 0 Å². The number of halogens is 2. The summed E-state index contributed by atoms with van der Waals surface area (Å²) >= 11 is 12.0. The average Bonchev–Trinajstić information content (AvgIpc) is 3.12. The van der Waals surface area contributed by atoms with E-state index in [1.54, 1.807) is 55.3 Å². The minimum Gasteiger partial charge on any atom is -0.497 e. The van der Waals surface area contributed by atoms with Gasteiger partial charge in [0.1, 0.15) is 22.8 Å². The summed E-state index contributed by atoms with van der Waals surface area (Å²) in [4.78, 5) is 27.4. The summed E-state index contributed by atoms with van der Waals surface area (Å²) in [7, 11) is 1.55. The molecule has 2 atom stereocenters. The van der Waals surface area contributed by atoms with Crippen molar-refractivity contribution in [2.75, 3.05) is 20.2 Å². The Balaban J connectivity index is 1.45. The molecule has 1 fully saturated rings. The lowest BCUT2D eigenvalue weighted by Crippen LogP contribution is -2.47. The van der Waals surface area contributed by atoms with Crippen LogP contribution >= 0.6 is 23.2 Å². The molecular formula is C22H21Cl2NO5. The van der Waals surface area contributed by atoms with Crippen LogP contribution in [0.5, 0.6) is 17.2 Å². The van der Waals surface area contributed by atoms with E-state index in [2.05, 4.69) is 0 Å². The molecule has 0 bridgehead atoms. The topological polar surface area (TPSA) is 65.1 Å². The molecule has 158 valence electrons. The maximum atomic E-state index is 12.9. The number of hydrogen-bond acceptors (Lipinski definition) is 5. The summed E-state index contributed by atoms with van der Waals surface area (Å²) in [6, 6.07) is 10.0. The Morgan fingerprint density at radius 1 is 1.23 bits per heavy atom. The Morgan fingerprint density at radius 3 is 2.77 bits per heavy atom. The van der Waals surface area contributed by atoms with E-state index in [0.717, 1.165) is 0 Å². The lowest BCUT2D eigenvalue weighted by molar-refractivity contribution is -0.137. The van der Waals surface area contributed by atoms with E-state index in [4.69, 9.17) is 37.4 Å². The molecule has 2 aromatic carbocycles. The molecule has 0 aliphatic carbocycles. The zero-order valence-electron chi connectivity index (χ0n) is 16.6. The number of carbonyl (C=O) groups excluding carboxylic acids is 2. The molecule has 1 amide bonds. The van der Waals surface area contributed by atoms with Gasteiger partial charge in [-0.2, -0.15) is 0 Å². The van der Waals surface area contributed by atoms with Crippen LogP contribution in [-0.4, -0.2) is 48.5 Å². The van der Waals surface area contributed by atoms with Gasteiger partial charge in [-0.05, 0) is 43.3 Å². The smallest absolute Gasteiger partial charge is 0.263 e. The fraction of sp³-hybridized carbons (Fsp3) is 0.364. The van der Waals surface area contributed by atoms with Crippen LogP contribution in [0, 0.1) is 0 Å².